The molecule has 4 aliphatic carbocycles. The van der Waals surface area contributed by atoms with Gasteiger partial charge in [0.1, 0.15) is 5.78 Å². The molecule has 0 aromatic rings. The lowest BCUT2D eigenvalue weighted by molar-refractivity contribution is -0.123. The molecule has 1 saturated carbocycles. The van der Waals surface area contributed by atoms with Crippen LogP contribution < -0.4 is 0 Å². The Labute approximate surface area is 82.7 Å². The minimum absolute atomic E-state index is 0.0125. The average Bonchev–Trinajstić information content (AvgIpc) is 2.41. The third kappa shape index (κ3) is 0.912. The zero-order valence-corrected chi connectivity index (χ0v) is 7.85. The quantitative estimate of drug-likeness (QED) is 0.540. The molecule has 0 heterocycles. The predicted molar refractivity (Wildman–Crippen MR) is 51.5 cm³/mol. The Kier molecular flexibility index (Phi) is 1.55. The molecular formula is C12H12O2. The Balaban J connectivity index is 2.10. The van der Waals surface area contributed by atoms with Crippen molar-refractivity contribution in [3.05, 3.63) is 24.3 Å². The largest absolute Gasteiger partial charge is 0.299 e. The van der Waals surface area contributed by atoms with E-state index in [1.807, 2.05) is 18.2 Å². The van der Waals surface area contributed by atoms with E-state index in [1.165, 1.54) is 0 Å². The minimum atomic E-state index is -0.0125. The molecule has 72 valence electrons. The van der Waals surface area contributed by atoms with Crippen molar-refractivity contribution in [3.63, 3.8) is 0 Å². The van der Waals surface area contributed by atoms with Gasteiger partial charge in [0.25, 0.3) is 0 Å². The second-order valence-corrected chi connectivity index (χ2v) is 4.44. The highest BCUT2D eigenvalue weighted by atomic mass is 16.1. The standard InChI is InChI=1S/C12H12O2/c13-10-5-2-7-1-3-8(10)9-4-6-11(14)12(7)9/h1-3,5,7-9,12H,4,6H2/t7-,8-,9+,12-/m1/s1. The van der Waals surface area contributed by atoms with Crippen molar-refractivity contribution in [1.82, 2.24) is 0 Å². The maximum atomic E-state index is 11.7. The Morgan fingerprint density at radius 2 is 2.00 bits per heavy atom. The molecule has 0 N–H and O–H groups in total. The van der Waals surface area contributed by atoms with E-state index < -0.39 is 0 Å². The van der Waals surface area contributed by atoms with Crippen LogP contribution >= 0.6 is 0 Å². The maximum absolute atomic E-state index is 11.7. The van der Waals surface area contributed by atoms with Gasteiger partial charge in [-0.1, -0.05) is 18.2 Å². The van der Waals surface area contributed by atoms with Gasteiger partial charge in [0.05, 0.1) is 0 Å². The van der Waals surface area contributed by atoms with Gasteiger partial charge in [-0.25, -0.2) is 0 Å². The summed E-state index contributed by atoms with van der Waals surface area (Å²) >= 11 is 0. The number of carbonyl (C=O) groups is 2. The second-order valence-electron chi connectivity index (χ2n) is 4.44. The van der Waals surface area contributed by atoms with Crippen LogP contribution in [0.25, 0.3) is 0 Å². The van der Waals surface area contributed by atoms with Crippen LogP contribution in [0.2, 0.25) is 0 Å². The summed E-state index contributed by atoms with van der Waals surface area (Å²) in [5.74, 6) is 1.12. The topological polar surface area (TPSA) is 34.1 Å². The van der Waals surface area contributed by atoms with E-state index in [0.717, 1.165) is 6.42 Å². The summed E-state index contributed by atoms with van der Waals surface area (Å²) in [7, 11) is 0. The smallest absolute Gasteiger partial charge is 0.162 e. The summed E-state index contributed by atoms with van der Waals surface area (Å²) in [6, 6.07) is 0. The van der Waals surface area contributed by atoms with Crippen LogP contribution in [0.5, 0.6) is 0 Å². The molecule has 0 amide bonds. The number of fused-ring (bicyclic) bond motifs is 1. The van der Waals surface area contributed by atoms with Crippen molar-refractivity contribution >= 4 is 11.6 Å². The van der Waals surface area contributed by atoms with Gasteiger partial charge in [-0.15, -0.1) is 0 Å². The molecule has 2 heteroatoms. The number of hydrogen-bond acceptors (Lipinski definition) is 2. The van der Waals surface area contributed by atoms with E-state index in [-0.39, 0.29) is 23.5 Å². The molecule has 4 rings (SSSR count). The van der Waals surface area contributed by atoms with Crippen LogP contribution in [0, 0.1) is 23.7 Å². The minimum Gasteiger partial charge on any atom is -0.299 e. The molecule has 4 aliphatic rings. The Morgan fingerprint density at radius 3 is 2.86 bits per heavy atom. The first kappa shape index (κ1) is 8.16. The lowest BCUT2D eigenvalue weighted by Gasteiger charge is -2.29. The maximum Gasteiger partial charge on any atom is 0.162 e. The van der Waals surface area contributed by atoms with Gasteiger partial charge in [-0.2, -0.15) is 0 Å². The van der Waals surface area contributed by atoms with Crippen LogP contribution in [0.4, 0.5) is 0 Å². The predicted octanol–water partition coefficient (Wildman–Crippen LogP) is 1.52. The van der Waals surface area contributed by atoms with Crippen molar-refractivity contribution in [2.75, 3.05) is 0 Å². The lowest BCUT2D eigenvalue weighted by atomic mass is 9.73. The molecule has 0 saturated heterocycles. The van der Waals surface area contributed by atoms with E-state index in [2.05, 4.69) is 0 Å². The van der Waals surface area contributed by atoms with E-state index >= 15 is 0 Å². The Hall–Kier alpha value is -1.18. The van der Waals surface area contributed by atoms with Crippen LogP contribution in [0.1, 0.15) is 12.8 Å². The summed E-state index contributed by atoms with van der Waals surface area (Å²) in [4.78, 5) is 23.4. The van der Waals surface area contributed by atoms with Gasteiger partial charge >= 0.3 is 0 Å². The first-order valence-corrected chi connectivity index (χ1v) is 5.20. The van der Waals surface area contributed by atoms with Gasteiger partial charge in [-0.3, -0.25) is 9.59 Å². The molecule has 0 aromatic heterocycles. The molecule has 0 aromatic carbocycles. The van der Waals surface area contributed by atoms with Crippen LogP contribution in [0.15, 0.2) is 24.3 Å². The number of Topliss-reactive ketones (excluding diaryl/α,β-unsaturated/α-hetero) is 1. The molecule has 0 aliphatic heterocycles. The fraction of sp³-hybridized carbons (Fsp3) is 0.500. The van der Waals surface area contributed by atoms with E-state index in [1.54, 1.807) is 6.08 Å². The molecule has 2 nitrogen and oxygen atoms in total. The highest BCUT2D eigenvalue weighted by Crippen LogP contribution is 2.45. The van der Waals surface area contributed by atoms with Gasteiger partial charge in [0, 0.05) is 24.2 Å². The number of ketones is 2. The van der Waals surface area contributed by atoms with E-state index in [0.29, 0.717) is 18.1 Å². The molecule has 1 fully saturated rings. The molecule has 0 spiro atoms. The fourth-order valence-electron chi connectivity index (χ4n) is 3.11. The van der Waals surface area contributed by atoms with Crippen LogP contribution in [0.3, 0.4) is 0 Å². The highest BCUT2D eigenvalue weighted by Gasteiger charge is 2.46. The first-order chi connectivity index (χ1) is 6.77. The summed E-state index contributed by atoms with van der Waals surface area (Å²) in [5.41, 5.74) is 0. The van der Waals surface area contributed by atoms with Crippen molar-refractivity contribution in [1.29, 1.82) is 0 Å². The molecule has 2 bridgehead atoms. The Morgan fingerprint density at radius 1 is 1.14 bits per heavy atom. The molecule has 0 unspecified atom stereocenters. The van der Waals surface area contributed by atoms with Crippen molar-refractivity contribution < 1.29 is 9.59 Å². The third-order valence-electron chi connectivity index (χ3n) is 3.78. The molecular weight excluding hydrogens is 176 g/mol. The lowest BCUT2D eigenvalue weighted by Crippen LogP contribution is -2.31. The molecule has 4 atom stereocenters. The first-order valence-electron chi connectivity index (χ1n) is 5.20. The SMILES string of the molecule is O=C1CC[C@@H]2[C@H]1[C@H]1C=CC(=O)[C@@H]2C=C1. The van der Waals surface area contributed by atoms with Crippen molar-refractivity contribution in [3.8, 4) is 0 Å². The van der Waals surface area contributed by atoms with E-state index in [9.17, 15) is 9.59 Å². The zero-order chi connectivity index (χ0) is 9.71. The van der Waals surface area contributed by atoms with E-state index in [4.69, 9.17) is 0 Å². The highest BCUT2D eigenvalue weighted by molar-refractivity contribution is 5.96. The number of carbonyl (C=O) groups excluding carboxylic acids is 2. The summed E-state index contributed by atoms with van der Waals surface area (Å²) in [6.45, 7) is 0. The van der Waals surface area contributed by atoms with Crippen molar-refractivity contribution in [2.24, 2.45) is 23.7 Å². The Bertz CT molecular complexity index is 365. The molecule has 0 radical (unpaired) electrons. The third-order valence-corrected chi connectivity index (χ3v) is 3.78. The summed E-state index contributed by atoms with van der Waals surface area (Å²) < 4.78 is 0. The van der Waals surface area contributed by atoms with Crippen LogP contribution in [-0.4, -0.2) is 11.6 Å². The summed E-state index contributed by atoms with van der Waals surface area (Å²) in [5, 5.41) is 0. The number of allylic oxidation sites excluding steroid dienone is 4. The van der Waals surface area contributed by atoms with Gasteiger partial charge in [0.15, 0.2) is 5.78 Å². The fourth-order valence-corrected chi connectivity index (χ4v) is 3.11. The van der Waals surface area contributed by atoms with Gasteiger partial charge < -0.3 is 0 Å². The van der Waals surface area contributed by atoms with Crippen LogP contribution in [-0.2, 0) is 9.59 Å². The number of rotatable bonds is 0. The second kappa shape index (κ2) is 2.66. The average molecular weight is 188 g/mol. The van der Waals surface area contributed by atoms with Crippen molar-refractivity contribution in [2.45, 2.75) is 12.8 Å². The molecule has 14 heavy (non-hydrogen) atoms. The summed E-state index contributed by atoms with van der Waals surface area (Å²) in [6.07, 6.45) is 9.20. The van der Waals surface area contributed by atoms with Gasteiger partial charge in [-0.05, 0) is 18.4 Å². The zero-order valence-electron chi connectivity index (χ0n) is 7.85. The number of hydrogen-bond donors (Lipinski definition) is 0. The van der Waals surface area contributed by atoms with Gasteiger partial charge in [0.2, 0.25) is 0 Å². The normalized spacial score (nSPS) is 44.3. The monoisotopic (exact) mass is 188 g/mol.